The second-order valence-corrected chi connectivity index (χ2v) is 19.3. The summed E-state index contributed by atoms with van der Waals surface area (Å²) in [5, 5.41) is 37.5. The lowest BCUT2D eigenvalue weighted by Gasteiger charge is -2.35. The zero-order valence-corrected chi connectivity index (χ0v) is 40.9. The number of carbonyl (C=O) groups excluding carboxylic acids is 3. The fourth-order valence-electron chi connectivity index (χ4n) is 8.58. The Labute approximate surface area is 407 Å². The predicted molar refractivity (Wildman–Crippen MR) is 265 cm³/mol. The third-order valence-electron chi connectivity index (χ3n) is 12.2. The van der Waals surface area contributed by atoms with Gasteiger partial charge in [-0.3, -0.25) is 14.4 Å². The molecule has 0 spiro atoms. The first kappa shape index (κ1) is 50.6. The molecule has 1 aliphatic heterocycles. The van der Waals surface area contributed by atoms with Crippen LogP contribution in [0.2, 0.25) is 0 Å². The van der Waals surface area contributed by atoms with Gasteiger partial charge in [0.15, 0.2) is 0 Å². The van der Waals surface area contributed by atoms with E-state index in [9.17, 15) is 29.7 Å². The minimum atomic E-state index is -0.976. The average Bonchev–Trinajstić information content (AvgIpc) is 4.02. The minimum absolute atomic E-state index is 0.0247. The molecule has 3 heterocycles. The van der Waals surface area contributed by atoms with E-state index in [0.717, 1.165) is 55.0 Å². The minimum Gasteiger partial charge on any atom is -0.508 e. The van der Waals surface area contributed by atoms with Crippen LogP contribution >= 0.6 is 11.3 Å². The Morgan fingerprint density at radius 2 is 1.45 bits per heavy atom. The van der Waals surface area contributed by atoms with E-state index < -0.39 is 35.4 Å². The van der Waals surface area contributed by atoms with E-state index in [1.165, 1.54) is 4.90 Å². The maximum atomic E-state index is 14.0. The smallest absolute Gasteiger partial charge is 0.246 e. The number of likely N-dealkylation sites (tertiary alicyclic amines) is 1. The first-order valence-corrected chi connectivity index (χ1v) is 24.1. The fraction of sp³-hybridized carbons (Fsp3) is 0.396. The molecular weight excluding hydrogens is 899 g/mol. The largest absolute Gasteiger partial charge is 0.508 e. The van der Waals surface area contributed by atoms with Gasteiger partial charge in [-0.05, 0) is 109 Å². The summed E-state index contributed by atoms with van der Waals surface area (Å²) in [5.74, 6) is -0.196. The van der Waals surface area contributed by atoms with Gasteiger partial charge in [0, 0.05) is 30.4 Å². The number of rotatable bonds is 21. The van der Waals surface area contributed by atoms with E-state index in [1.54, 1.807) is 35.6 Å². The molecule has 0 radical (unpaired) electrons. The summed E-state index contributed by atoms with van der Waals surface area (Å²) in [4.78, 5) is 47.5. The number of hydrogen-bond acceptors (Lipinski definition) is 12. The summed E-state index contributed by atoms with van der Waals surface area (Å²) in [5.41, 5.74) is 9.09. The highest BCUT2D eigenvalue weighted by atomic mass is 32.1. The Hall–Kier alpha value is -6.30. The number of carbonyl (C=O) groups is 3. The lowest BCUT2D eigenvalue weighted by atomic mass is 9.85. The van der Waals surface area contributed by atoms with E-state index in [4.69, 9.17) is 18.9 Å². The molecule has 0 aliphatic carbocycles. The van der Waals surface area contributed by atoms with Gasteiger partial charge in [0.1, 0.15) is 42.5 Å². The Balaban J connectivity index is 0.785. The van der Waals surface area contributed by atoms with Crippen molar-refractivity contribution >= 4 is 40.0 Å². The van der Waals surface area contributed by atoms with Gasteiger partial charge >= 0.3 is 0 Å². The van der Waals surface area contributed by atoms with Gasteiger partial charge in [0.05, 0.1) is 67.0 Å². The molecule has 5 N–H and O–H groups in total. The number of aromatic hydroxyl groups is 2. The molecule has 4 aromatic carbocycles. The van der Waals surface area contributed by atoms with E-state index in [2.05, 4.69) is 20.2 Å². The van der Waals surface area contributed by atoms with Crippen LogP contribution in [0.4, 0.5) is 0 Å². The molecule has 1 fully saturated rings. The van der Waals surface area contributed by atoms with Gasteiger partial charge in [-0.1, -0.05) is 57.2 Å². The Bertz CT molecular complexity index is 2680. The van der Waals surface area contributed by atoms with E-state index in [-0.39, 0.29) is 56.2 Å². The number of phenolic OH excluding ortho intramolecular Hbond substituents is 2. The molecule has 69 heavy (non-hydrogen) atoms. The average molecular weight is 962 g/mol. The van der Waals surface area contributed by atoms with Crippen molar-refractivity contribution in [2.24, 2.45) is 5.41 Å². The Kier molecular flexibility index (Phi) is 16.8. The number of ether oxygens (including phenoxy) is 4. The molecule has 15 nitrogen and oxygen atoms in total. The van der Waals surface area contributed by atoms with Crippen LogP contribution in [0, 0.1) is 19.3 Å². The Morgan fingerprint density at radius 3 is 2.10 bits per heavy atom. The predicted octanol–water partition coefficient (Wildman–Crippen LogP) is 7.31. The number of benzene rings is 4. The molecule has 1 aliphatic rings. The number of aryl methyl sites for hydroxylation is 2. The van der Waals surface area contributed by atoms with Crippen LogP contribution in [0.1, 0.15) is 62.5 Å². The molecule has 7 rings (SSSR count). The van der Waals surface area contributed by atoms with Gasteiger partial charge in [0.2, 0.25) is 17.7 Å². The molecule has 2 aromatic heterocycles. The zero-order chi connectivity index (χ0) is 49.2. The topological polar surface area (TPSA) is 194 Å². The van der Waals surface area contributed by atoms with Gasteiger partial charge in [-0.15, -0.1) is 11.3 Å². The standard InChI is InChI=1S/C53H63N5O10S/c1-33-44-27-41(60)17-20-45(44)57(48(33)38-13-15-40(59)16-14-38)29-36-7-18-43(19-8-36)68-26-25-66-22-21-65-23-24-67-31-47(62)56-50(53(4,5)6)52(64)58-30-42(61)28-46(58)51(63)55-34(2)37-9-11-39(12-10-37)49-35(3)54-32-69-49/h7-20,27,32,34,42,46,50,59-61H,21-26,28-31H2,1-6H3,(H,55,63)(H,56,62)/t34-,42+,46-,50+/m0/s1. The van der Waals surface area contributed by atoms with E-state index >= 15 is 0 Å². The van der Waals surface area contributed by atoms with E-state index in [0.29, 0.717) is 38.7 Å². The lowest BCUT2D eigenvalue weighted by Crippen LogP contribution is -2.58. The fourth-order valence-corrected chi connectivity index (χ4v) is 9.39. The third-order valence-corrected chi connectivity index (χ3v) is 13.2. The zero-order valence-electron chi connectivity index (χ0n) is 40.1. The van der Waals surface area contributed by atoms with Gasteiger partial charge in [0.25, 0.3) is 0 Å². The normalized spacial score (nSPS) is 15.8. The molecule has 1 saturated heterocycles. The first-order valence-electron chi connectivity index (χ1n) is 23.2. The van der Waals surface area contributed by atoms with Crippen molar-refractivity contribution in [2.45, 2.75) is 78.7 Å². The summed E-state index contributed by atoms with van der Waals surface area (Å²) in [6.45, 7) is 13.4. The third kappa shape index (κ3) is 12.9. The number of phenols is 2. The van der Waals surface area contributed by atoms with Gasteiger partial charge < -0.3 is 54.4 Å². The molecule has 0 unspecified atom stereocenters. The van der Waals surface area contributed by atoms with Crippen LogP contribution < -0.4 is 15.4 Å². The van der Waals surface area contributed by atoms with Crippen molar-refractivity contribution in [3.63, 3.8) is 0 Å². The highest BCUT2D eigenvalue weighted by Crippen LogP contribution is 2.37. The Morgan fingerprint density at radius 1 is 0.812 bits per heavy atom. The molecule has 6 aromatic rings. The summed E-state index contributed by atoms with van der Waals surface area (Å²) < 4.78 is 25.0. The summed E-state index contributed by atoms with van der Waals surface area (Å²) >= 11 is 1.57. The van der Waals surface area contributed by atoms with Crippen molar-refractivity contribution in [1.82, 2.24) is 25.1 Å². The number of hydrogen-bond donors (Lipinski definition) is 5. The number of β-amino-alcohol motifs (C(OH)–C–C–N with tert-alkyl or cyclic N) is 1. The number of nitrogens with one attached hydrogen (secondary N) is 2. The van der Waals surface area contributed by atoms with Crippen LogP contribution in [0.5, 0.6) is 17.2 Å². The first-order chi connectivity index (χ1) is 33.1. The van der Waals surface area contributed by atoms with E-state index in [1.807, 2.05) is 114 Å². The molecule has 3 amide bonds. The summed E-state index contributed by atoms with van der Waals surface area (Å²) in [7, 11) is 0. The quantitative estimate of drug-likeness (QED) is 0.0455. The summed E-state index contributed by atoms with van der Waals surface area (Å²) in [6, 6.07) is 26.1. The number of fused-ring (bicyclic) bond motifs is 1. The number of nitrogens with zero attached hydrogens (tertiary/aromatic N) is 3. The molecule has 16 heteroatoms. The molecule has 0 bridgehead atoms. The van der Waals surface area contributed by atoms with Gasteiger partial charge in [-0.2, -0.15) is 0 Å². The van der Waals surface area contributed by atoms with Crippen LogP contribution in [0.15, 0.2) is 96.5 Å². The van der Waals surface area contributed by atoms with Crippen molar-refractivity contribution < 1.29 is 48.7 Å². The van der Waals surface area contributed by atoms with Crippen LogP contribution in [-0.2, 0) is 35.1 Å². The molecule has 366 valence electrons. The van der Waals surface area contributed by atoms with Gasteiger partial charge in [-0.25, -0.2) is 4.98 Å². The maximum Gasteiger partial charge on any atom is 0.246 e. The number of aliphatic hydroxyl groups is 1. The molecular formula is C53H63N5O10S. The number of amides is 3. The number of aromatic nitrogens is 2. The van der Waals surface area contributed by atoms with Crippen LogP contribution in [0.3, 0.4) is 0 Å². The SMILES string of the molecule is Cc1ncsc1-c1ccc([C@H](C)NC(=O)[C@@H]2C[C@@H](O)CN2C(=O)[C@@H](NC(=O)COCCOCCOCCOc2ccc(Cn3c(-c4ccc(O)cc4)c(C)c4cc(O)ccc43)cc2)C(C)(C)C)cc1. The van der Waals surface area contributed by atoms with Crippen molar-refractivity contribution in [1.29, 1.82) is 0 Å². The second-order valence-electron chi connectivity index (χ2n) is 18.5. The highest BCUT2D eigenvalue weighted by molar-refractivity contribution is 7.13. The summed E-state index contributed by atoms with van der Waals surface area (Å²) in [6.07, 6.45) is -0.796. The maximum absolute atomic E-state index is 14.0. The number of thiazole rings is 1. The van der Waals surface area contributed by atoms with Crippen molar-refractivity contribution in [3.8, 4) is 38.9 Å². The number of aliphatic hydroxyl groups excluding tert-OH is 1. The van der Waals surface area contributed by atoms with Crippen molar-refractivity contribution in [2.75, 3.05) is 52.8 Å². The lowest BCUT2D eigenvalue weighted by molar-refractivity contribution is -0.144. The van der Waals surface area contributed by atoms with Crippen LogP contribution in [0.25, 0.3) is 32.6 Å². The van der Waals surface area contributed by atoms with Crippen molar-refractivity contribution in [3.05, 3.63) is 119 Å². The highest BCUT2D eigenvalue weighted by Gasteiger charge is 2.44. The second kappa shape index (κ2) is 22.9. The van der Waals surface area contributed by atoms with Crippen LogP contribution in [-0.4, -0.2) is 118 Å². The monoisotopic (exact) mass is 961 g/mol. The molecule has 4 atom stereocenters. The molecule has 0 saturated carbocycles.